The number of ether oxygens (including phenoxy) is 1. The fourth-order valence-corrected chi connectivity index (χ4v) is 2.27. The van der Waals surface area contributed by atoms with Crippen molar-refractivity contribution in [3.63, 3.8) is 0 Å². The average molecular weight is 329 g/mol. The van der Waals surface area contributed by atoms with Gasteiger partial charge in [-0.15, -0.1) is 0 Å². The molecule has 3 rings (SSSR count). The van der Waals surface area contributed by atoms with Gasteiger partial charge in [-0.05, 0) is 19.1 Å². The Hall–Kier alpha value is -3.16. The highest BCUT2D eigenvalue weighted by Crippen LogP contribution is 2.15. The number of urea groups is 1. The molecule has 1 atom stereocenters. The van der Waals surface area contributed by atoms with E-state index in [0.717, 1.165) is 11.0 Å². The van der Waals surface area contributed by atoms with Crippen molar-refractivity contribution in [3.05, 3.63) is 36.2 Å². The van der Waals surface area contributed by atoms with Gasteiger partial charge in [0.25, 0.3) is 5.91 Å². The van der Waals surface area contributed by atoms with E-state index in [9.17, 15) is 14.4 Å². The smallest absolute Gasteiger partial charge is 0.331 e. The van der Waals surface area contributed by atoms with Gasteiger partial charge in [0, 0.05) is 25.2 Å². The number of fused-ring (bicyclic) bond motifs is 1. The molecule has 1 aliphatic rings. The van der Waals surface area contributed by atoms with Crippen LogP contribution in [-0.4, -0.2) is 47.0 Å². The lowest BCUT2D eigenvalue weighted by atomic mass is 10.3. The first kappa shape index (κ1) is 15.7. The van der Waals surface area contributed by atoms with Crippen LogP contribution in [-0.2, 0) is 14.3 Å². The Kier molecular flexibility index (Phi) is 4.28. The third kappa shape index (κ3) is 3.27. The van der Waals surface area contributed by atoms with Gasteiger partial charge in [0.1, 0.15) is 5.52 Å². The van der Waals surface area contributed by atoms with Crippen LogP contribution in [0.25, 0.3) is 17.2 Å². The van der Waals surface area contributed by atoms with E-state index in [-0.39, 0.29) is 12.4 Å². The predicted molar refractivity (Wildman–Crippen MR) is 83.7 cm³/mol. The Morgan fingerprint density at radius 3 is 2.92 bits per heavy atom. The lowest BCUT2D eigenvalue weighted by molar-refractivity contribution is -0.153. The number of para-hydroxylation sites is 2. The van der Waals surface area contributed by atoms with Crippen LogP contribution in [0.4, 0.5) is 4.79 Å². The van der Waals surface area contributed by atoms with Gasteiger partial charge in [-0.1, -0.05) is 12.1 Å². The van der Waals surface area contributed by atoms with Crippen molar-refractivity contribution in [3.8, 4) is 0 Å². The molecule has 0 bridgehead atoms. The van der Waals surface area contributed by atoms with E-state index >= 15 is 0 Å². The molecule has 24 heavy (non-hydrogen) atoms. The molecule has 0 radical (unpaired) electrons. The number of benzene rings is 1. The van der Waals surface area contributed by atoms with Crippen molar-refractivity contribution >= 4 is 35.1 Å². The monoisotopic (exact) mass is 329 g/mol. The van der Waals surface area contributed by atoms with Crippen LogP contribution in [0.2, 0.25) is 0 Å². The summed E-state index contributed by atoms with van der Waals surface area (Å²) in [4.78, 5) is 40.4. The average Bonchev–Trinajstić information content (AvgIpc) is 3.17. The second-order valence-electron chi connectivity index (χ2n) is 5.15. The van der Waals surface area contributed by atoms with Crippen molar-refractivity contribution in [2.45, 2.75) is 13.0 Å². The number of carbonyl (C=O) groups is 3. The summed E-state index contributed by atoms with van der Waals surface area (Å²) in [5, 5.41) is 2.51. The minimum atomic E-state index is -1.06. The predicted octanol–water partition coefficient (Wildman–Crippen LogP) is 1.32. The highest BCUT2D eigenvalue weighted by atomic mass is 16.5. The lowest BCUT2D eigenvalue weighted by Crippen LogP contribution is -2.41. The summed E-state index contributed by atoms with van der Waals surface area (Å²) in [5.74, 6) is -1.03. The van der Waals surface area contributed by atoms with Crippen LogP contribution in [0.3, 0.4) is 0 Å². The van der Waals surface area contributed by atoms with Gasteiger partial charge >= 0.3 is 12.0 Å². The summed E-state index contributed by atoms with van der Waals surface area (Å²) in [7, 11) is 0. The minimum absolute atomic E-state index is 0.256. The maximum absolute atomic E-state index is 12.0. The Bertz CT molecular complexity index is 793. The van der Waals surface area contributed by atoms with Crippen molar-refractivity contribution < 1.29 is 23.5 Å². The third-order valence-electron chi connectivity index (χ3n) is 3.44. The van der Waals surface area contributed by atoms with Gasteiger partial charge < -0.3 is 14.5 Å². The molecule has 1 N–H and O–H groups in total. The Balaban J connectivity index is 1.60. The number of oxazole rings is 1. The van der Waals surface area contributed by atoms with E-state index in [1.807, 2.05) is 12.1 Å². The quantitative estimate of drug-likeness (QED) is 0.670. The van der Waals surface area contributed by atoms with Crippen LogP contribution < -0.4 is 5.32 Å². The molecule has 0 aliphatic carbocycles. The summed E-state index contributed by atoms with van der Waals surface area (Å²) >= 11 is 0. The number of hydrogen-bond donors (Lipinski definition) is 1. The van der Waals surface area contributed by atoms with E-state index < -0.39 is 24.0 Å². The maximum atomic E-state index is 12.0. The van der Waals surface area contributed by atoms with E-state index in [4.69, 9.17) is 9.15 Å². The number of hydrogen-bond acceptors (Lipinski definition) is 6. The van der Waals surface area contributed by atoms with Crippen LogP contribution in [0.5, 0.6) is 0 Å². The summed E-state index contributed by atoms with van der Waals surface area (Å²) < 4.78 is 10.4. The fraction of sp³-hybridized carbons (Fsp3) is 0.250. The first-order valence-corrected chi connectivity index (χ1v) is 7.38. The second-order valence-corrected chi connectivity index (χ2v) is 5.15. The molecule has 0 unspecified atom stereocenters. The largest absolute Gasteiger partial charge is 0.449 e. The number of aromatic nitrogens is 1. The molecular formula is C16H15N3O5. The standard InChI is InChI=1S/C16H15N3O5/c1-10(15(21)19-9-8-17-16(19)22)23-14(20)7-6-13-18-11-4-2-3-5-12(11)24-13/h2-7,10H,8-9H2,1H3,(H,17,22)/b7-6+/t10-/m1/s1. The lowest BCUT2D eigenvalue weighted by Gasteiger charge is -2.17. The maximum Gasteiger partial charge on any atom is 0.331 e. The number of carbonyl (C=O) groups excluding carboxylic acids is 3. The van der Waals surface area contributed by atoms with Gasteiger partial charge in [-0.25, -0.2) is 14.6 Å². The zero-order valence-electron chi connectivity index (χ0n) is 12.9. The van der Waals surface area contributed by atoms with Crippen LogP contribution >= 0.6 is 0 Å². The summed E-state index contributed by atoms with van der Waals surface area (Å²) in [6, 6.07) is 6.71. The number of amides is 3. The molecule has 2 aromatic rings. The van der Waals surface area contributed by atoms with Gasteiger partial charge in [0.05, 0.1) is 0 Å². The number of rotatable bonds is 4. The van der Waals surface area contributed by atoms with Gasteiger partial charge in [0.2, 0.25) is 5.89 Å². The minimum Gasteiger partial charge on any atom is -0.449 e. The number of nitrogens with one attached hydrogen (secondary N) is 1. The molecule has 0 saturated carbocycles. The molecule has 8 heteroatoms. The Labute approximate surface area is 137 Å². The molecule has 1 saturated heterocycles. The third-order valence-corrected chi connectivity index (χ3v) is 3.44. The molecule has 8 nitrogen and oxygen atoms in total. The highest BCUT2D eigenvalue weighted by Gasteiger charge is 2.31. The molecule has 3 amide bonds. The second kappa shape index (κ2) is 6.53. The van der Waals surface area contributed by atoms with Crippen molar-refractivity contribution in [2.75, 3.05) is 13.1 Å². The Morgan fingerprint density at radius 1 is 1.42 bits per heavy atom. The van der Waals surface area contributed by atoms with Crippen molar-refractivity contribution in [2.24, 2.45) is 0 Å². The topological polar surface area (TPSA) is 102 Å². The van der Waals surface area contributed by atoms with Gasteiger partial charge in [0.15, 0.2) is 11.7 Å². The molecule has 2 heterocycles. The first-order chi connectivity index (χ1) is 11.5. The Morgan fingerprint density at radius 2 is 2.21 bits per heavy atom. The highest BCUT2D eigenvalue weighted by molar-refractivity contribution is 5.99. The molecule has 1 aliphatic heterocycles. The molecule has 124 valence electrons. The van der Waals surface area contributed by atoms with Crippen molar-refractivity contribution in [1.29, 1.82) is 0 Å². The number of imide groups is 1. The zero-order valence-corrected chi connectivity index (χ0v) is 12.9. The normalized spacial score (nSPS) is 15.7. The zero-order chi connectivity index (χ0) is 17.1. The fourth-order valence-electron chi connectivity index (χ4n) is 2.27. The number of nitrogens with zero attached hydrogens (tertiary/aromatic N) is 2. The summed E-state index contributed by atoms with van der Waals surface area (Å²) in [5.41, 5.74) is 1.28. The molecular weight excluding hydrogens is 314 g/mol. The van der Waals surface area contributed by atoms with Crippen molar-refractivity contribution in [1.82, 2.24) is 15.2 Å². The van der Waals surface area contributed by atoms with Crippen LogP contribution in [0, 0.1) is 0 Å². The van der Waals surface area contributed by atoms with E-state index in [0.29, 0.717) is 17.6 Å². The summed E-state index contributed by atoms with van der Waals surface area (Å²) in [6.07, 6.45) is 1.43. The number of esters is 1. The van der Waals surface area contributed by atoms with E-state index in [1.54, 1.807) is 12.1 Å². The van der Waals surface area contributed by atoms with E-state index in [2.05, 4.69) is 10.3 Å². The molecule has 1 aromatic carbocycles. The van der Waals surface area contributed by atoms with Crippen LogP contribution in [0.15, 0.2) is 34.8 Å². The molecule has 1 fully saturated rings. The van der Waals surface area contributed by atoms with Gasteiger partial charge in [-0.2, -0.15) is 0 Å². The van der Waals surface area contributed by atoms with Crippen LogP contribution in [0.1, 0.15) is 12.8 Å². The summed E-state index contributed by atoms with van der Waals surface area (Å²) in [6.45, 7) is 2.07. The molecule has 0 spiro atoms. The van der Waals surface area contributed by atoms with E-state index in [1.165, 1.54) is 13.0 Å². The SMILES string of the molecule is C[C@@H](OC(=O)/C=C/c1nc2ccccc2o1)C(=O)N1CCNC1=O. The van der Waals surface area contributed by atoms with Gasteiger partial charge in [-0.3, -0.25) is 9.69 Å². The first-order valence-electron chi connectivity index (χ1n) is 7.38. The molecule has 1 aromatic heterocycles.